The van der Waals surface area contributed by atoms with Gasteiger partial charge in [-0.2, -0.15) is 0 Å². The van der Waals surface area contributed by atoms with Gasteiger partial charge < -0.3 is 9.84 Å². The molecule has 0 atom stereocenters. The van der Waals surface area contributed by atoms with Crippen LogP contribution in [-0.2, 0) is 6.42 Å². The highest BCUT2D eigenvalue weighted by Crippen LogP contribution is 2.32. The summed E-state index contributed by atoms with van der Waals surface area (Å²) in [5.41, 5.74) is 3.20. The molecule has 0 spiro atoms. The molecule has 0 bridgehead atoms. The molecule has 0 amide bonds. The second-order valence-corrected chi connectivity index (χ2v) is 14.3. The zero-order valence-corrected chi connectivity index (χ0v) is 15.4. The van der Waals surface area contributed by atoms with Crippen molar-refractivity contribution in [1.29, 1.82) is 0 Å². The monoisotopic (exact) mass is 374 g/mol. The van der Waals surface area contributed by atoms with Gasteiger partial charge in [0, 0.05) is 0 Å². The number of halogens is 3. The predicted molar refractivity (Wildman–Crippen MR) is 96.5 cm³/mol. The van der Waals surface area contributed by atoms with Crippen molar-refractivity contribution in [3.05, 3.63) is 48.0 Å². The van der Waals surface area contributed by atoms with Gasteiger partial charge in [-0.15, -0.1) is 33.2 Å². The lowest BCUT2D eigenvalue weighted by molar-refractivity contribution is 0.415. The molecule has 2 aromatic rings. The van der Waals surface area contributed by atoms with Crippen LogP contribution in [0, 0.1) is 0 Å². The van der Waals surface area contributed by atoms with Crippen LogP contribution >= 0.6 is 33.2 Å². The molecule has 0 radical (unpaired) electrons. The van der Waals surface area contributed by atoms with Crippen molar-refractivity contribution < 1.29 is 9.84 Å². The number of methoxy groups -OCH3 is 1. The molecule has 0 saturated heterocycles. The molecule has 0 aliphatic heterocycles. The van der Waals surface area contributed by atoms with E-state index in [1.54, 1.807) is 19.2 Å². The van der Waals surface area contributed by atoms with E-state index >= 15 is 0 Å². The fourth-order valence-corrected chi connectivity index (χ4v) is 4.10. The Labute approximate surface area is 145 Å². The minimum Gasteiger partial charge on any atom is -0.508 e. The molecule has 2 aromatic carbocycles. The molecule has 0 unspecified atom stereocenters. The smallest absolute Gasteiger partial charge is 0.341 e. The molecule has 2 nitrogen and oxygen atoms in total. The summed E-state index contributed by atoms with van der Waals surface area (Å²) in [4.78, 5) is 0. The first-order valence-electron chi connectivity index (χ1n) is 6.92. The van der Waals surface area contributed by atoms with E-state index in [1.807, 2.05) is 30.3 Å². The van der Waals surface area contributed by atoms with Crippen molar-refractivity contribution in [3.8, 4) is 22.6 Å². The second kappa shape index (κ2) is 7.60. The summed E-state index contributed by atoms with van der Waals surface area (Å²) in [6.07, 6.45) is 1.55. The van der Waals surface area contributed by atoms with E-state index in [-0.39, 0.29) is 5.75 Å². The third-order valence-electron chi connectivity index (χ3n) is 3.40. The van der Waals surface area contributed by atoms with E-state index in [1.165, 1.54) is 0 Å². The van der Waals surface area contributed by atoms with Crippen LogP contribution in [0.3, 0.4) is 0 Å². The Balaban J connectivity index is 2.23. The average Bonchev–Trinajstić information content (AvgIpc) is 2.46. The van der Waals surface area contributed by atoms with E-state index in [0.29, 0.717) is 6.04 Å². The van der Waals surface area contributed by atoms with Gasteiger partial charge in [0.1, 0.15) is 11.5 Å². The Hall–Kier alpha value is -0.873. The lowest BCUT2D eigenvalue weighted by Gasteiger charge is -2.12. The summed E-state index contributed by atoms with van der Waals surface area (Å²) in [7, 11) is 1.64. The van der Waals surface area contributed by atoms with Crippen LogP contribution in [0.4, 0.5) is 0 Å². The number of hydrogen-bond acceptors (Lipinski definition) is 2. The van der Waals surface area contributed by atoms with E-state index in [2.05, 4.69) is 0 Å². The fraction of sp³-hybridized carbons (Fsp3) is 0.250. The van der Waals surface area contributed by atoms with Crippen molar-refractivity contribution in [3.63, 3.8) is 0 Å². The number of hydrogen-bond donors (Lipinski definition) is 1. The number of aromatic hydroxyl groups is 1. The maximum Gasteiger partial charge on any atom is 0.341 e. The van der Waals surface area contributed by atoms with Crippen LogP contribution in [0.5, 0.6) is 11.5 Å². The number of aryl methyl sites for hydroxylation is 1. The predicted octanol–water partition coefficient (Wildman–Crippen LogP) is 5.66. The van der Waals surface area contributed by atoms with Crippen molar-refractivity contribution in [2.75, 3.05) is 7.11 Å². The van der Waals surface area contributed by atoms with Gasteiger partial charge in [0.25, 0.3) is 0 Å². The fourth-order valence-electron chi connectivity index (χ4n) is 2.32. The van der Waals surface area contributed by atoms with Crippen molar-refractivity contribution >= 4 is 39.2 Å². The van der Waals surface area contributed by atoms with Crippen LogP contribution in [0.15, 0.2) is 42.5 Å². The first-order valence-corrected chi connectivity index (χ1v) is 12.2. The van der Waals surface area contributed by atoms with Gasteiger partial charge in [-0.1, -0.05) is 18.2 Å². The van der Waals surface area contributed by atoms with Gasteiger partial charge >= 0.3 is 6.00 Å². The maximum atomic E-state index is 9.74. The second-order valence-electron chi connectivity index (χ2n) is 5.04. The molecular formula is C16H17Cl3O2Si. The Morgan fingerprint density at radius 1 is 1.05 bits per heavy atom. The van der Waals surface area contributed by atoms with Gasteiger partial charge in [0.15, 0.2) is 0 Å². The lowest BCUT2D eigenvalue weighted by atomic mass is 9.96. The molecule has 6 heteroatoms. The Bertz CT molecular complexity index is 624. The summed E-state index contributed by atoms with van der Waals surface area (Å²) in [6.45, 7) is 0. The topological polar surface area (TPSA) is 29.5 Å². The summed E-state index contributed by atoms with van der Waals surface area (Å²) < 4.78 is 5.18. The van der Waals surface area contributed by atoms with Crippen molar-refractivity contribution in [2.45, 2.75) is 18.9 Å². The Morgan fingerprint density at radius 3 is 2.32 bits per heavy atom. The van der Waals surface area contributed by atoms with Gasteiger partial charge in [-0.3, -0.25) is 0 Å². The van der Waals surface area contributed by atoms with E-state index in [4.69, 9.17) is 38.0 Å². The summed E-state index contributed by atoms with van der Waals surface area (Å²) in [5, 5.41) is 9.74. The van der Waals surface area contributed by atoms with E-state index in [9.17, 15) is 5.11 Å². The average molecular weight is 376 g/mol. The molecule has 0 fully saturated rings. The van der Waals surface area contributed by atoms with Crippen LogP contribution in [0.2, 0.25) is 6.04 Å². The summed E-state index contributed by atoms with van der Waals surface area (Å²) >= 11 is 17.8. The van der Waals surface area contributed by atoms with Gasteiger partial charge in [-0.25, -0.2) is 0 Å². The molecule has 2 rings (SSSR count). The highest BCUT2D eigenvalue weighted by Gasteiger charge is 2.24. The highest BCUT2D eigenvalue weighted by atomic mass is 35.8. The van der Waals surface area contributed by atoms with Crippen LogP contribution in [0.25, 0.3) is 11.1 Å². The zero-order valence-electron chi connectivity index (χ0n) is 12.2. The van der Waals surface area contributed by atoms with Gasteiger partial charge in [0.2, 0.25) is 0 Å². The SMILES string of the molecule is COc1ccc(-c2ccc(O)cc2CCC[Si](Cl)(Cl)Cl)cc1. The molecule has 0 aliphatic carbocycles. The van der Waals surface area contributed by atoms with Gasteiger partial charge in [-0.05, 0) is 59.8 Å². The molecule has 0 aliphatic rings. The standard InChI is InChI=1S/C16H17Cl3O2Si/c1-21-15-7-4-12(5-8-15)16-9-6-14(20)11-13(16)3-2-10-22(17,18)19/h4-9,11,20H,2-3,10H2,1H3. The molecule has 1 N–H and O–H groups in total. The Kier molecular flexibility index (Phi) is 6.04. The maximum absolute atomic E-state index is 9.74. The van der Waals surface area contributed by atoms with E-state index in [0.717, 1.165) is 35.3 Å². The number of ether oxygens (including phenoxy) is 1. The van der Waals surface area contributed by atoms with Crippen LogP contribution in [0.1, 0.15) is 12.0 Å². The summed E-state index contributed by atoms with van der Waals surface area (Å²) in [5.74, 6) is 1.06. The number of rotatable bonds is 6. The van der Waals surface area contributed by atoms with Crippen LogP contribution in [-0.4, -0.2) is 18.2 Å². The first kappa shape index (κ1) is 17.5. The molecule has 22 heavy (non-hydrogen) atoms. The minimum absolute atomic E-state index is 0.249. The van der Waals surface area contributed by atoms with Crippen molar-refractivity contribution in [1.82, 2.24) is 0 Å². The van der Waals surface area contributed by atoms with E-state index < -0.39 is 6.00 Å². The minimum atomic E-state index is -2.60. The third-order valence-corrected chi connectivity index (χ3v) is 6.02. The molecule has 118 valence electrons. The zero-order chi connectivity index (χ0) is 16.2. The summed E-state index contributed by atoms with van der Waals surface area (Å²) in [6, 6.07) is 11.2. The highest BCUT2D eigenvalue weighted by molar-refractivity contribution is 7.64. The molecule has 0 saturated carbocycles. The van der Waals surface area contributed by atoms with Crippen LogP contribution < -0.4 is 4.74 Å². The molecule has 0 aromatic heterocycles. The molecular weight excluding hydrogens is 359 g/mol. The molecule has 0 heterocycles. The number of benzene rings is 2. The van der Waals surface area contributed by atoms with Crippen molar-refractivity contribution in [2.24, 2.45) is 0 Å². The van der Waals surface area contributed by atoms with Gasteiger partial charge in [0.05, 0.1) is 7.11 Å². The number of phenols is 1. The first-order chi connectivity index (χ1) is 10.4. The third kappa shape index (κ3) is 5.09. The quantitative estimate of drug-likeness (QED) is 0.521. The lowest BCUT2D eigenvalue weighted by Crippen LogP contribution is -2.08. The largest absolute Gasteiger partial charge is 0.508 e. The Morgan fingerprint density at radius 2 is 1.73 bits per heavy atom. The normalized spacial score (nSPS) is 11.5. The number of phenolic OH excluding ortho intramolecular Hbond substituents is 1.